The molecule has 3 rings (SSSR count). The Morgan fingerprint density at radius 3 is 0.952 bits per heavy atom. The Kier molecular flexibility index (Phi) is 5.29. The lowest BCUT2D eigenvalue weighted by atomic mass is 10.4. The van der Waals surface area contributed by atoms with Crippen LogP contribution in [0.1, 0.15) is 0 Å². The van der Waals surface area contributed by atoms with E-state index in [1.54, 1.807) is 0 Å². The molecule has 0 radical (unpaired) electrons. The molecule has 0 spiro atoms. The van der Waals surface area contributed by atoms with Crippen LogP contribution in [0, 0.1) is 0 Å². The molecule has 0 aromatic heterocycles. The van der Waals surface area contributed by atoms with Crippen molar-refractivity contribution in [3.63, 3.8) is 0 Å². The number of hydrogen-bond acceptors (Lipinski definition) is 0. The van der Waals surface area contributed by atoms with Gasteiger partial charge in [-0.2, -0.15) is 0 Å². The Morgan fingerprint density at radius 2 is 0.714 bits per heavy atom. The summed E-state index contributed by atoms with van der Waals surface area (Å²) in [6.45, 7) is 2.41. The van der Waals surface area contributed by atoms with Crippen molar-refractivity contribution in [2.75, 3.05) is 6.66 Å². The number of benzene rings is 3. The summed E-state index contributed by atoms with van der Waals surface area (Å²) in [5.74, 6) is 0. The monoisotopic (exact) mass is 312 g/mol. The van der Waals surface area contributed by atoms with Crippen molar-refractivity contribution < 1.29 is 0 Å². The summed E-state index contributed by atoms with van der Waals surface area (Å²) in [4.78, 5) is 0. The molecule has 1 atom stereocenters. The van der Waals surface area contributed by atoms with Crippen molar-refractivity contribution in [2.45, 2.75) is 0 Å². The molecule has 0 nitrogen and oxygen atoms in total. The van der Waals surface area contributed by atoms with Crippen molar-refractivity contribution in [3.8, 4) is 0 Å². The molecule has 2 heteroatoms. The fourth-order valence-corrected chi connectivity index (χ4v) is 5.83. The third kappa shape index (κ3) is 3.08. The first-order valence-electron chi connectivity index (χ1n) is 6.85. The molecule has 3 aromatic rings. The van der Waals surface area contributed by atoms with E-state index in [0.29, 0.717) is 0 Å². The van der Waals surface area contributed by atoms with Gasteiger partial charge in [-0.3, -0.25) is 0 Å². The molecule has 0 saturated carbocycles. The Hall–Kier alpha value is -1.48. The van der Waals surface area contributed by atoms with Crippen molar-refractivity contribution in [2.24, 2.45) is 0 Å². The summed E-state index contributed by atoms with van der Waals surface area (Å²) in [7, 11) is -1.53. The normalized spacial score (nSPS) is 10.7. The van der Waals surface area contributed by atoms with E-state index in [4.69, 9.17) is 0 Å². The second kappa shape index (κ2) is 6.99. The van der Waals surface area contributed by atoms with E-state index in [2.05, 4.69) is 97.7 Å². The van der Waals surface area contributed by atoms with Crippen LogP contribution in [0.25, 0.3) is 0 Å². The van der Waals surface area contributed by atoms with Crippen molar-refractivity contribution in [3.05, 3.63) is 91.0 Å². The Morgan fingerprint density at radius 1 is 0.476 bits per heavy atom. The van der Waals surface area contributed by atoms with E-state index in [9.17, 15) is 0 Å². The van der Waals surface area contributed by atoms with E-state index >= 15 is 0 Å². The molecule has 3 aromatic carbocycles. The van der Waals surface area contributed by atoms with Crippen LogP contribution >= 0.6 is 17.2 Å². The molecule has 0 heterocycles. The van der Waals surface area contributed by atoms with Crippen LogP contribution in [0.3, 0.4) is 0 Å². The van der Waals surface area contributed by atoms with Crippen LogP contribution in [0.2, 0.25) is 0 Å². The molecule has 0 fully saturated rings. The highest BCUT2D eigenvalue weighted by atomic mass is 31.2. The van der Waals surface area contributed by atoms with Gasteiger partial charge in [0.25, 0.3) is 0 Å². The molecule has 0 aliphatic carbocycles. The quantitative estimate of drug-likeness (QED) is 0.650. The summed E-state index contributed by atoms with van der Waals surface area (Å²) < 4.78 is 0. The van der Waals surface area contributed by atoms with Gasteiger partial charge < -0.3 is 0 Å². The maximum absolute atomic E-state index is 2.41. The fourth-order valence-electron chi connectivity index (χ4n) is 2.63. The average Bonchev–Trinajstić information content (AvgIpc) is 2.56. The van der Waals surface area contributed by atoms with Gasteiger partial charge in [-0.1, -0.05) is 54.6 Å². The van der Waals surface area contributed by atoms with Gasteiger partial charge >= 0.3 is 0 Å². The molecule has 106 valence electrons. The highest BCUT2D eigenvalue weighted by molar-refractivity contribution is 7.95. The van der Waals surface area contributed by atoms with Crippen molar-refractivity contribution in [1.82, 2.24) is 0 Å². The first-order valence-corrected chi connectivity index (χ1v) is 9.09. The predicted molar refractivity (Wildman–Crippen MR) is 104 cm³/mol. The Bertz CT molecular complexity index is 567. The minimum Gasteiger partial charge on any atom is -0.0620 e. The van der Waals surface area contributed by atoms with Crippen molar-refractivity contribution >= 4 is 33.1 Å². The molecular weight excluding hydrogens is 290 g/mol. The van der Waals surface area contributed by atoms with Crippen molar-refractivity contribution in [1.29, 1.82) is 0 Å². The third-order valence-corrected chi connectivity index (χ3v) is 7.81. The molecule has 0 bridgehead atoms. The standard InChI is InChI=1S/C19H18P.H3P/c1-20(17-11-5-2-6-12-17,18-13-7-3-8-14-18)19-15-9-4-10-16-19;/h2-16H,1H3;1H3/q+1;/p+1. The van der Waals surface area contributed by atoms with Crippen LogP contribution in [-0.2, 0) is 0 Å². The van der Waals surface area contributed by atoms with Gasteiger partial charge in [-0.25, -0.2) is 0 Å². The van der Waals surface area contributed by atoms with Crippen LogP contribution in [0.4, 0.5) is 0 Å². The summed E-state index contributed by atoms with van der Waals surface area (Å²) in [6.07, 6.45) is 0. The number of hydrogen-bond donors (Lipinski definition) is 0. The third-order valence-electron chi connectivity index (χ3n) is 3.82. The van der Waals surface area contributed by atoms with Gasteiger partial charge in [-0.05, 0) is 46.3 Å². The van der Waals surface area contributed by atoms with Crippen LogP contribution < -0.4 is 15.9 Å². The Labute approximate surface area is 131 Å². The molecule has 0 aliphatic rings. The van der Waals surface area contributed by atoms with Gasteiger partial charge in [-0.15, -0.1) is 0 Å². The first kappa shape index (κ1) is 15.9. The highest BCUT2D eigenvalue weighted by Gasteiger charge is 2.39. The fraction of sp³-hybridized carbons (Fsp3) is 0.0526. The lowest BCUT2D eigenvalue weighted by Crippen LogP contribution is -2.30. The lowest BCUT2D eigenvalue weighted by Gasteiger charge is -2.22. The second-order valence-corrected chi connectivity index (χ2v) is 8.57. The van der Waals surface area contributed by atoms with Gasteiger partial charge in [0.15, 0.2) is 0 Å². The van der Waals surface area contributed by atoms with E-state index in [0.717, 1.165) is 0 Å². The van der Waals surface area contributed by atoms with Gasteiger partial charge in [0.1, 0.15) is 23.2 Å². The molecule has 0 aliphatic heterocycles. The van der Waals surface area contributed by atoms with Gasteiger partial charge in [0.2, 0.25) is 0 Å². The molecule has 0 saturated heterocycles. The zero-order valence-electron chi connectivity index (χ0n) is 12.6. The van der Waals surface area contributed by atoms with Crippen LogP contribution in [0.15, 0.2) is 91.0 Å². The summed E-state index contributed by atoms with van der Waals surface area (Å²) in [5.41, 5.74) is 0. The van der Waals surface area contributed by atoms with E-state index in [1.165, 1.54) is 15.9 Å². The highest BCUT2D eigenvalue weighted by Crippen LogP contribution is 2.51. The van der Waals surface area contributed by atoms with E-state index < -0.39 is 7.26 Å². The molecule has 0 N–H and O–H groups in total. The molecule has 0 amide bonds. The first-order chi connectivity index (χ1) is 9.82. The smallest absolute Gasteiger partial charge is 0.0620 e. The van der Waals surface area contributed by atoms with Crippen LogP contribution in [-0.4, -0.2) is 6.66 Å². The molecule has 1 unspecified atom stereocenters. The maximum Gasteiger partial charge on any atom is 0.109 e. The average molecular weight is 312 g/mol. The second-order valence-electron chi connectivity index (χ2n) is 5.01. The Balaban J connectivity index is 0.00000161. The van der Waals surface area contributed by atoms with Gasteiger partial charge in [0, 0.05) is 0 Å². The molecular formula is C19H22P2+2. The zero-order valence-corrected chi connectivity index (χ0v) is 15.5. The number of rotatable bonds is 3. The van der Waals surface area contributed by atoms with E-state index in [-0.39, 0.29) is 9.90 Å². The SMILES string of the molecule is C[P+](c1ccccc1)(c1ccccc1)c1ccccc1.[PH4+]. The molecule has 21 heavy (non-hydrogen) atoms. The van der Waals surface area contributed by atoms with E-state index in [1.807, 2.05) is 0 Å². The minimum absolute atomic E-state index is 0. The zero-order chi connectivity index (χ0) is 13.8. The lowest BCUT2D eigenvalue weighted by molar-refractivity contribution is 1.72. The minimum atomic E-state index is -1.53. The summed E-state index contributed by atoms with van der Waals surface area (Å²) in [5, 5.41) is 4.28. The largest absolute Gasteiger partial charge is 0.109 e. The summed E-state index contributed by atoms with van der Waals surface area (Å²) >= 11 is 0. The topological polar surface area (TPSA) is 0 Å². The van der Waals surface area contributed by atoms with Crippen LogP contribution in [0.5, 0.6) is 0 Å². The summed E-state index contributed by atoms with van der Waals surface area (Å²) in [6, 6.07) is 32.6. The maximum atomic E-state index is 2.41. The predicted octanol–water partition coefficient (Wildman–Crippen LogP) is 3.40. The van der Waals surface area contributed by atoms with Gasteiger partial charge in [0.05, 0.1) is 6.66 Å².